The third kappa shape index (κ3) is 5.53. The van der Waals surface area contributed by atoms with E-state index < -0.39 is 6.04 Å². The monoisotopic (exact) mass is 497 g/mol. The first-order chi connectivity index (χ1) is 15.9. The molecule has 0 unspecified atom stereocenters. The van der Waals surface area contributed by atoms with Crippen LogP contribution in [0.5, 0.6) is 0 Å². The summed E-state index contributed by atoms with van der Waals surface area (Å²) < 4.78 is 0. The molecule has 3 aromatic rings. The molecule has 168 valence electrons. The van der Waals surface area contributed by atoms with Gasteiger partial charge in [-0.15, -0.1) is 0 Å². The van der Waals surface area contributed by atoms with E-state index >= 15 is 0 Å². The molecule has 4 rings (SSSR count). The fraction of sp³-hybridized carbons (Fsp3) is 0.160. The molecule has 1 fully saturated rings. The van der Waals surface area contributed by atoms with E-state index in [1.54, 1.807) is 36.4 Å². The van der Waals surface area contributed by atoms with Crippen LogP contribution in [0.25, 0.3) is 0 Å². The lowest BCUT2D eigenvalue weighted by Crippen LogP contribution is -2.39. The Hall–Kier alpha value is -2.93. The minimum atomic E-state index is -0.704. The van der Waals surface area contributed by atoms with Gasteiger partial charge in [-0.2, -0.15) is 0 Å². The summed E-state index contributed by atoms with van der Waals surface area (Å²) in [4.78, 5) is 29.5. The number of hydrogen-bond acceptors (Lipinski definition) is 3. The molecule has 0 aromatic heterocycles. The van der Waals surface area contributed by atoms with E-state index in [0.29, 0.717) is 39.5 Å². The molecule has 1 heterocycles. The molecule has 1 N–H and O–H groups in total. The first-order valence-electron chi connectivity index (χ1n) is 10.4. The number of nitrogens with zero attached hydrogens (tertiary/aromatic N) is 2. The number of thiocarbonyl (C=S) groups is 1. The van der Waals surface area contributed by atoms with Crippen molar-refractivity contribution in [2.24, 2.45) is 0 Å². The van der Waals surface area contributed by atoms with Crippen molar-refractivity contribution in [3.05, 3.63) is 94.5 Å². The molecule has 1 aliphatic rings. The van der Waals surface area contributed by atoms with Crippen molar-refractivity contribution in [3.63, 3.8) is 0 Å². The second-order valence-corrected chi connectivity index (χ2v) is 8.87. The number of nitrogens with one attached hydrogen (secondary N) is 1. The summed E-state index contributed by atoms with van der Waals surface area (Å²) in [6.07, 6.45) is 0.633. The lowest BCUT2D eigenvalue weighted by molar-refractivity contribution is -0.124. The van der Waals surface area contributed by atoms with Crippen LogP contribution in [0.4, 0.5) is 11.4 Å². The van der Waals surface area contributed by atoms with Crippen LogP contribution in [0.3, 0.4) is 0 Å². The van der Waals surface area contributed by atoms with Crippen molar-refractivity contribution in [2.45, 2.75) is 18.9 Å². The molecule has 5 nitrogen and oxygen atoms in total. The van der Waals surface area contributed by atoms with E-state index in [2.05, 4.69) is 5.32 Å². The van der Waals surface area contributed by atoms with Crippen molar-refractivity contribution in [1.82, 2.24) is 4.90 Å². The molecule has 8 heteroatoms. The Balaban J connectivity index is 1.55. The molecule has 2 amide bonds. The molecule has 1 aliphatic heterocycles. The first-order valence-corrected chi connectivity index (χ1v) is 11.6. The van der Waals surface area contributed by atoms with Gasteiger partial charge in [0.2, 0.25) is 5.91 Å². The maximum Gasteiger partial charge on any atom is 0.256 e. The van der Waals surface area contributed by atoms with Gasteiger partial charge >= 0.3 is 0 Å². The minimum absolute atomic E-state index is 0.0153. The standard InChI is InChI=1S/C25H21Cl2N3O2S/c26-18-8-6-17(7-9-18)14-15-29-22(16-23(31)28-20-4-2-1-3-5-20)24(32)30(25(29)33)21-12-10-19(27)11-13-21/h1-13,22H,14-16H2,(H,28,31)/t22-/m1/s1. The Morgan fingerprint density at radius 1 is 0.909 bits per heavy atom. The fourth-order valence-electron chi connectivity index (χ4n) is 3.72. The SMILES string of the molecule is O=C(C[C@@H]1C(=O)N(c2ccc(Cl)cc2)C(=S)N1CCc1ccc(Cl)cc1)Nc1ccccc1. The van der Waals surface area contributed by atoms with Crippen molar-refractivity contribution in [2.75, 3.05) is 16.8 Å². The Morgan fingerprint density at radius 2 is 1.52 bits per heavy atom. The van der Waals surface area contributed by atoms with Gasteiger partial charge in [-0.1, -0.05) is 53.5 Å². The number of rotatable bonds is 7. The maximum atomic E-state index is 13.4. The summed E-state index contributed by atoms with van der Waals surface area (Å²) in [6, 6.07) is 22.9. The van der Waals surface area contributed by atoms with Gasteiger partial charge in [-0.25, -0.2) is 0 Å². The summed E-state index contributed by atoms with van der Waals surface area (Å²) in [5, 5.41) is 4.45. The number of anilines is 2. The lowest BCUT2D eigenvalue weighted by Gasteiger charge is -2.24. The van der Waals surface area contributed by atoms with Gasteiger partial charge in [0.1, 0.15) is 6.04 Å². The van der Waals surface area contributed by atoms with Crippen LogP contribution in [0.2, 0.25) is 10.0 Å². The highest BCUT2D eigenvalue weighted by Gasteiger charge is 2.43. The van der Waals surface area contributed by atoms with Gasteiger partial charge in [0, 0.05) is 22.3 Å². The highest BCUT2D eigenvalue weighted by molar-refractivity contribution is 7.80. The third-order valence-electron chi connectivity index (χ3n) is 5.39. The van der Waals surface area contributed by atoms with Gasteiger partial charge in [0.05, 0.1) is 12.1 Å². The largest absolute Gasteiger partial charge is 0.336 e. The first kappa shape index (κ1) is 23.2. The van der Waals surface area contributed by atoms with E-state index in [9.17, 15) is 9.59 Å². The number of benzene rings is 3. The Kier molecular flexibility index (Phi) is 7.28. The molecule has 1 atom stereocenters. The van der Waals surface area contributed by atoms with Gasteiger partial charge in [0.25, 0.3) is 5.91 Å². The number of carbonyl (C=O) groups excluding carboxylic acids is 2. The second kappa shape index (κ2) is 10.3. The van der Waals surface area contributed by atoms with Crippen LogP contribution in [-0.2, 0) is 16.0 Å². The van der Waals surface area contributed by atoms with Crippen LogP contribution in [-0.4, -0.2) is 34.4 Å². The fourth-order valence-corrected chi connectivity index (χ4v) is 4.39. The molecule has 0 radical (unpaired) electrons. The van der Waals surface area contributed by atoms with Crippen molar-refractivity contribution >= 4 is 63.7 Å². The Bertz CT molecular complexity index is 1150. The quantitative estimate of drug-likeness (QED) is 0.433. The number of hydrogen-bond donors (Lipinski definition) is 1. The van der Waals surface area contributed by atoms with Crippen LogP contribution in [0.1, 0.15) is 12.0 Å². The molecular formula is C25H21Cl2N3O2S. The molecule has 0 spiro atoms. The average molecular weight is 498 g/mol. The summed E-state index contributed by atoms with van der Waals surface area (Å²) in [5.41, 5.74) is 2.36. The summed E-state index contributed by atoms with van der Waals surface area (Å²) in [5.74, 6) is -0.488. The van der Waals surface area contributed by atoms with Crippen LogP contribution >= 0.6 is 35.4 Å². The number of halogens is 2. The zero-order chi connectivity index (χ0) is 23.4. The molecule has 0 saturated carbocycles. The Morgan fingerprint density at radius 3 is 2.15 bits per heavy atom. The molecule has 1 saturated heterocycles. The van der Waals surface area contributed by atoms with Crippen molar-refractivity contribution < 1.29 is 9.59 Å². The van der Waals surface area contributed by atoms with E-state index in [4.69, 9.17) is 35.4 Å². The van der Waals surface area contributed by atoms with Crippen molar-refractivity contribution in [3.8, 4) is 0 Å². The highest BCUT2D eigenvalue weighted by atomic mass is 35.5. The molecule has 0 aliphatic carbocycles. The maximum absolute atomic E-state index is 13.4. The normalized spacial score (nSPS) is 15.8. The van der Waals surface area contributed by atoms with Gasteiger partial charge in [-0.05, 0) is 72.7 Å². The van der Waals surface area contributed by atoms with Gasteiger partial charge in [0.15, 0.2) is 5.11 Å². The highest BCUT2D eigenvalue weighted by Crippen LogP contribution is 2.29. The van der Waals surface area contributed by atoms with Crippen molar-refractivity contribution in [1.29, 1.82) is 0 Å². The second-order valence-electron chi connectivity index (χ2n) is 7.64. The molecular weight excluding hydrogens is 477 g/mol. The van der Waals surface area contributed by atoms with E-state index in [1.165, 1.54) is 4.90 Å². The van der Waals surface area contributed by atoms with Crippen LogP contribution < -0.4 is 10.2 Å². The molecule has 0 bridgehead atoms. The van der Waals surface area contributed by atoms with E-state index in [0.717, 1.165) is 5.56 Å². The smallest absolute Gasteiger partial charge is 0.256 e. The number of carbonyl (C=O) groups is 2. The van der Waals surface area contributed by atoms with Crippen LogP contribution in [0, 0.1) is 0 Å². The lowest BCUT2D eigenvalue weighted by atomic mass is 10.1. The van der Waals surface area contributed by atoms with Gasteiger partial charge < -0.3 is 10.2 Å². The summed E-state index contributed by atoms with van der Waals surface area (Å²) in [7, 11) is 0. The van der Waals surface area contributed by atoms with E-state index in [-0.39, 0.29) is 18.2 Å². The number of para-hydroxylation sites is 1. The Labute approximate surface area is 207 Å². The zero-order valence-corrected chi connectivity index (χ0v) is 19.9. The topological polar surface area (TPSA) is 52.7 Å². The average Bonchev–Trinajstić information content (AvgIpc) is 3.03. The predicted octanol–water partition coefficient (Wildman–Crippen LogP) is 5.57. The number of amides is 2. The summed E-state index contributed by atoms with van der Waals surface area (Å²) in [6.45, 7) is 0.486. The minimum Gasteiger partial charge on any atom is -0.336 e. The molecule has 33 heavy (non-hydrogen) atoms. The van der Waals surface area contributed by atoms with E-state index in [1.807, 2.05) is 47.4 Å². The zero-order valence-electron chi connectivity index (χ0n) is 17.6. The summed E-state index contributed by atoms with van der Waals surface area (Å²) >= 11 is 17.7. The predicted molar refractivity (Wildman–Crippen MR) is 137 cm³/mol. The van der Waals surface area contributed by atoms with Gasteiger partial charge in [-0.3, -0.25) is 14.5 Å². The molecule has 3 aromatic carbocycles. The third-order valence-corrected chi connectivity index (χ3v) is 6.32. The van der Waals surface area contributed by atoms with Crippen LogP contribution in [0.15, 0.2) is 78.9 Å².